The van der Waals surface area contributed by atoms with Gasteiger partial charge in [0.25, 0.3) is 0 Å². The molecule has 0 aliphatic heterocycles. The first-order valence-corrected chi connectivity index (χ1v) is 4.17. The monoisotopic (exact) mass is 174 g/mol. The smallest absolute Gasteiger partial charge is 0.226 e. The van der Waals surface area contributed by atoms with E-state index in [-0.39, 0.29) is 5.24 Å². The van der Waals surface area contributed by atoms with Crippen LogP contribution >= 0.6 is 22.9 Å². The summed E-state index contributed by atoms with van der Waals surface area (Å²) in [6.45, 7) is 1.99. The maximum atomic E-state index is 10.4. The molecule has 1 aromatic rings. The Morgan fingerprint density at radius 3 is 2.90 bits per heavy atom. The Morgan fingerprint density at radius 2 is 2.50 bits per heavy atom. The second-order valence-corrected chi connectivity index (χ2v) is 3.58. The van der Waals surface area contributed by atoms with Gasteiger partial charge in [-0.3, -0.25) is 4.79 Å². The molecule has 1 rings (SSSR count). The van der Waals surface area contributed by atoms with Gasteiger partial charge in [-0.2, -0.15) is 0 Å². The highest BCUT2D eigenvalue weighted by Crippen LogP contribution is 2.15. The number of hydrogen-bond acceptors (Lipinski definition) is 2. The lowest BCUT2D eigenvalue weighted by atomic mass is 10.2. The van der Waals surface area contributed by atoms with Crippen molar-refractivity contribution in [2.75, 3.05) is 0 Å². The van der Waals surface area contributed by atoms with Crippen LogP contribution in [-0.4, -0.2) is 5.24 Å². The Morgan fingerprint density at radius 1 is 1.80 bits per heavy atom. The first-order chi connectivity index (χ1) is 4.70. The molecule has 1 heterocycles. The fourth-order valence-corrected chi connectivity index (χ4v) is 1.62. The summed E-state index contributed by atoms with van der Waals surface area (Å²) >= 11 is 6.84. The van der Waals surface area contributed by atoms with Crippen molar-refractivity contribution < 1.29 is 4.79 Å². The summed E-state index contributed by atoms with van der Waals surface area (Å²) in [7, 11) is 0. The van der Waals surface area contributed by atoms with Crippen LogP contribution in [-0.2, 0) is 11.2 Å². The molecule has 0 radical (unpaired) electrons. The van der Waals surface area contributed by atoms with Crippen molar-refractivity contribution in [3.8, 4) is 0 Å². The fourth-order valence-electron chi connectivity index (χ4n) is 0.744. The molecule has 0 atom stereocenters. The lowest BCUT2D eigenvalue weighted by molar-refractivity contribution is -0.111. The molecule has 0 unspecified atom stereocenters. The third-order valence-electron chi connectivity index (χ3n) is 1.30. The molecule has 0 N–H and O–H groups in total. The van der Waals surface area contributed by atoms with Gasteiger partial charge in [0.05, 0.1) is 0 Å². The number of thiophene rings is 1. The van der Waals surface area contributed by atoms with Crippen LogP contribution in [0.5, 0.6) is 0 Å². The number of carbonyl (C=O) groups excluding carboxylic acids is 1. The zero-order valence-electron chi connectivity index (χ0n) is 5.56. The van der Waals surface area contributed by atoms with E-state index in [1.807, 2.05) is 18.4 Å². The van der Waals surface area contributed by atoms with Crippen molar-refractivity contribution >= 4 is 28.2 Å². The normalized spacial score (nSPS) is 9.80. The van der Waals surface area contributed by atoms with E-state index in [2.05, 4.69) is 0 Å². The molecular formula is C7H7ClOS. The Balaban J connectivity index is 2.74. The Hall–Kier alpha value is -0.340. The third kappa shape index (κ3) is 1.82. The van der Waals surface area contributed by atoms with Crippen LogP contribution in [0.1, 0.15) is 10.4 Å². The van der Waals surface area contributed by atoms with E-state index in [1.54, 1.807) is 11.3 Å². The minimum absolute atomic E-state index is 0.290. The summed E-state index contributed by atoms with van der Waals surface area (Å²) in [5, 5.41) is 1.67. The Bertz CT molecular complexity index is 242. The summed E-state index contributed by atoms with van der Waals surface area (Å²) in [6.07, 6.45) is 0.358. The third-order valence-corrected chi connectivity index (χ3v) is 2.32. The molecular weight excluding hydrogens is 168 g/mol. The van der Waals surface area contributed by atoms with E-state index in [0.717, 1.165) is 5.56 Å². The standard InChI is InChI=1S/C7H7ClOS/c1-5-6(2-3-10-5)4-7(8)9/h2-3H,4H2,1H3. The van der Waals surface area contributed by atoms with Gasteiger partial charge in [-0.15, -0.1) is 11.3 Å². The van der Waals surface area contributed by atoms with Crippen LogP contribution in [0.3, 0.4) is 0 Å². The fraction of sp³-hybridized carbons (Fsp3) is 0.286. The quantitative estimate of drug-likeness (QED) is 0.630. The lowest BCUT2D eigenvalue weighted by Crippen LogP contribution is -1.92. The maximum Gasteiger partial charge on any atom is 0.226 e. The molecule has 0 amide bonds. The highest BCUT2D eigenvalue weighted by molar-refractivity contribution is 7.10. The van der Waals surface area contributed by atoms with E-state index >= 15 is 0 Å². The summed E-state index contributed by atoms with van der Waals surface area (Å²) in [5.41, 5.74) is 1.05. The van der Waals surface area contributed by atoms with Gasteiger partial charge < -0.3 is 0 Å². The van der Waals surface area contributed by atoms with Gasteiger partial charge in [-0.25, -0.2) is 0 Å². The van der Waals surface area contributed by atoms with Crippen LogP contribution in [0.25, 0.3) is 0 Å². The Kier molecular flexibility index (Phi) is 2.46. The second-order valence-electron chi connectivity index (χ2n) is 2.03. The van der Waals surface area contributed by atoms with Crippen molar-refractivity contribution in [2.24, 2.45) is 0 Å². The molecule has 10 heavy (non-hydrogen) atoms. The van der Waals surface area contributed by atoms with Crippen molar-refractivity contribution in [1.82, 2.24) is 0 Å². The van der Waals surface area contributed by atoms with Gasteiger partial charge in [0, 0.05) is 11.3 Å². The summed E-state index contributed by atoms with van der Waals surface area (Å²) in [6, 6.07) is 1.93. The van der Waals surface area contributed by atoms with Crippen LogP contribution < -0.4 is 0 Å². The molecule has 3 heteroatoms. The van der Waals surface area contributed by atoms with Gasteiger partial charge in [0.1, 0.15) is 0 Å². The minimum Gasteiger partial charge on any atom is -0.281 e. The van der Waals surface area contributed by atoms with E-state index in [4.69, 9.17) is 11.6 Å². The van der Waals surface area contributed by atoms with Crippen molar-refractivity contribution in [3.05, 3.63) is 21.9 Å². The summed E-state index contributed by atoms with van der Waals surface area (Å²) < 4.78 is 0. The summed E-state index contributed by atoms with van der Waals surface area (Å²) in [5.74, 6) is 0. The van der Waals surface area contributed by atoms with E-state index in [9.17, 15) is 4.79 Å². The SMILES string of the molecule is Cc1sccc1CC(=O)Cl. The number of hydrogen-bond donors (Lipinski definition) is 0. The van der Waals surface area contributed by atoms with Crippen LogP contribution in [0, 0.1) is 6.92 Å². The predicted octanol–water partition coefficient (Wildman–Crippen LogP) is 2.36. The van der Waals surface area contributed by atoms with E-state index in [1.165, 1.54) is 4.88 Å². The highest BCUT2D eigenvalue weighted by atomic mass is 35.5. The topological polar surface area (TPSA) is 17.1 Å². The van der Waals surface area contributed by atoms with Gasteiger partial charge in [-0.1, -0.05) is 0 Å². The van der Waals surface area contributed by atoms with Crippen LogP contribution in [0.2, 0.25) is 0 Å². The van der Waals surface area contributed by atoms with Crippen LogP contribution in [0.4, 0.5) is 0 Å². The average molecular weight is 175 g/mol. The van der Waals surface area contributed by atoms with Crippen LogP contribution in [0.15, 0.2) is 11.4 Å². The van der Waals surface area contributed by atoms with E-state index in [0.29, 0.717) is 6.42 Å². The van der Waals surface area contributed by atoms with Gasteiger partial charge in [0.2, 0.25) is 5.24 Å². The highest BCUT2D eigenvalue weighted by Gasteiger charge is 2.02. The number of carbonyl (C=O) groups is 1. The maximum absolute atomic E-state index is 10.4. The molecule has 1 aromatic heterocycles. The van der Waals surface area contributed by atoms with Crippen molar-refractivity contribution in [1.29, 1.82) is 0 Å². The molecule has 0 spiro atoms. The predicted molar refractivity (Wildman–Crippen MR) is 43.6 cm³/mol. The van der Waals surface area contributed by atoms with Gasteiger partial charge >= 0.3 is 0 Å². The molecule has 0 aliphatic rings. The largest absolute Gasteiger partial charge is 0.281 e. The zero-order valence-corrected chi connectivity index (χ0v) is 7.13. The average Bonchev–Trinajstić information content (AvgIpc) is 2.15. The molecule has 0 saturated carbocycles. The first kappa shape index (κ1) is 7.76. The van der Waals surface area contributed by atoms with Crippen molar-refractivity contribution in [2.45, 2.75) is 13.3 Å². The lowest BCUT2D eigenvalue weighted by Gasteiger charge is -1.90. The molecule has 0 bridgehead atoms. The Labute approximate surface area is 68.6 Å². The van der Waals surface area contributed by atoms with Gasteiger partial charge in [0.15, 0.2) is 0 Å². The van der Waals surface area contributed by atoms with E-state index < -0.39 is 0 Å². The molecule has 1 nitrogen and oxygen atoms in total. The molecule has 0 fully saturated rings. The molecule has 0 aliphatic carbocycles. The number of rotatable bonds is 2. The molecule has 0 saturated heterocycles. The van der Waals surface area contributed by atoms with Crippen molar-refractivity contribution in [3.63, 3.8) is 0 Å². The first-order valence-electron chi connectivity index (χ1n) is 2.91. The molecule has 54 valence electrons. The molecule has 0 aromatic carbocycles. The minimum atomic E-state index is -0.290. The zero-order chi connectivity index (χ0) is 7.56. The van der Waals surface area contributed by atoms with Gasteiger partial charge in [-0.05, 0) is 35.5 Å². The number of halogens is 1. The number of aryl methyl sites for hydroxylation is 1. The summed E-state index contributed by atoms with van der Waals surface area (Å²) in [4.78, 5) is 11.6. The second kappa shape index (κ2) is 3.17.